The first-order chi connectivity index (χ1) is 15.8. The summed E-state index contributed by atoms with van der Waals surface area (Å²) in [5, 5.41) is 15.6. The molecule has 0 aliphatic carbocycles. The van der Waals surface area contributed by atoms with E-state index in [-0.39, 0.29) is 30.5 Å². The minimum Gasteiger partial charge on any atom is -0.508 e. The molecule has 3 heterocycles. The molecule has 0 spiro atoms. The van der Waals surface area contributed by atoms with E-state index in [1.54, 1.807) is 36.9 Å². The van der Waals surface area contributed by atoms with Crippen molar-refractivity contribution in [3.8, 4) is 5.75 Å². The van der Waals surface area contributed by atoms with Crippen LogP contribution in [0.15, 0.2) is 53.6 Å². The molecule has 2 aromatic carbocycles. The Kier molecular flexibility index (Phi) is 5.42. The Hall–Kier alpha value is -3.23. The van der Waals surface area contributed by atoms with Gasteiger partial charge in [-0.25, -0.2) is 5.01 Å². The third-order valence-corrected chi connectivity index (χ3v) is 6.22. The van der Waals surface area contributed by atoms with Crippen LogP contribution in [-0.4, -0.2) is 57.1 Å². The van der Waals surface area contributed by atoms with Crippen molar-refractivity contribution < 1.29 is 24.2 Å². The number of nitrogens with zero attached hydrogens (tertiary/aromatic N) is 3. The second-order valence-electron chi connectivity index (χ2n) is 9.14. The Bertz CT molecular complexity index is 1130. The molecule has 8 heteroatoms. The predicted molar refractivity (Wildman–Crippen MR) is 120 cm³/mol. The summed E-state index contributed by atoms with van der Waals surface area (Å²) < 4.78 is 12.1. The third kappa shape index (κ3) is 4.36. The van der Waals surface area contributed by atoms with Crippen LogP contribution in [0.1, 0.15) is 37.0 Å². The molecule has 1 saturated heterocycles. The molecule has 1 N–H and O–H groups in total. The van der Waals surface area contributed by atoms with Gasteiger partial charge in [0, 0.05) is 13.1 Å². The van der Waals surface area contributed by atoms with Gasteiger partial charge in [0.15, 0.2) is 11.9 Å². The van der Waals surface area contributed by atoms with Crippen LogP contribution in [0.5, 0.6) is 5.75 Å². The van der Waals surface area contributed by atoms with Crippen molar-refractivity contribution in [2.45, 2.75) is 57.8 Å². The summed E-state index contributed by atoms with van der Waals surface area (Å²) in [6.45, 7) is 4.89. The molecule has 3 aliphatic rings. The summed E-state index contributed by atoms with van der Waals surface area (Å²) >= 11 is 0. The third-order valence-electron chi connectivity index (χ3n) is 6.22. The predicted octanol–water partition coefficient (Wildman–Crippen LogP) is 2.59. The van der Waals surface area contributed by atoms with E-state index >= 15 is 0 Å². The minimum atomic E-state index is -0.969. The number of carbonyl (C=O) groups is 2. The standard InChI is InChI=1S/C25H27N3O5/c1-25(2)32-22(20-13-21(30)28(26-20)14-16-6-5-9-19(29)12-16)23(33-25)24(31)27-11-10-17-7-3-4-8-18(17)15-27/h3-9,12,22-23,29H,10-11,13-15H2,1-2H3/t22-,23+/m0/s1. The fourth-order valence-electron chi connectivity index (χ4n) is 4.65. The SMILES string of the molecule is CC1(C)O[C@@H](C(=O)N2CCc3ccccc3C2)[C@H](C2=NN(Cc3cccc(O)c3)C(=O)C2)O1. The normalized spacial score (nSPS) is 24.1. The second-order valence-corrected chi connectivity index (χ2v) is 9.14. The van der Waals surface area contributed by atoms with Gasteiger partial charge in [-0.15, -0.1) is 0 Å². The number of phenols is 1. The van der Waals surface area contributed by atoms with Gasteiger partial charge >= 0.3 is 0 Å². The maximum absolute atomic E-state index is 13.5. The van der Waals surface area contributed by atoms with Gasteiger partial charge in [-0.2, -0.15) is 5.10 Å². The van der Waals surface area contributed by atoms with Crippen LogP contribution >= 0.6 is 0 Å². The lowest BCUT2D eigenvalue weighted by atomic mass is 9.98. The molecular formula is C25H27N3O5. The van der Waals surface area contributed by atoms with E-state index in [9.17, 15) is 14.7 Å². The Morgan fingerprint density at radius 3 is 2.73 bits per heavy atom. The van der Waals surface area contributed by atoms with E-state index in [0.29, 0.717) is 18.8 Å². The highest BCUT2D eigenvalue weighted by atomic mass is 16.8. The first-order valence-electron chi connectivity index (χ1n) is 11.2. The average molecular weight is 450 g/mol. The Morgan fingerprint density at radius 2 is 1.94 bits per heavy atom. The molecule has 2 amide bonds. The largest absolute Gasteiger partial charge is 0.508 e. The summed E-state index contributed by atoms with van der Waals surface area (Å²) in [5.74, 6) is -1.17. The van der Waals surface area contributed by atoms with Crippen molar-refractivity contribution >= 4 is 17.5 Å². The lowest BCUT2D eigenvalue weighted by molar-refractivity contribution is -0.161. The van der Waals surface area contributed by atoms with Crippen molar-refractivity contribution in [3.63, 3.8) is 0 Å². The molecule has 0 saturated carbocycles. The summed E-state index contributed by atoms with van der Waals surface area (Å²) in [6.07, 6.45) is -0.740. The van der Waals surface area contributed by atoms with Gasteiger partial charge < -0.3 is 19.5 Å². The maximum atomic E-state index is 13.5. The number of amides is 2. The fourth-order valence-corrected chi connectivity index (χ4v) is 4.65. The van der Waals surface area contributed by atoms with E-state index in [2.05, 4.69) is 11.2 Å². The number of aromatic hydroxyl groups is 1. The number of phenolic OH excluding ortho intramolecular Hbond substituents is 1. The van der Waals surface area contributed by atoms with Crippen LogP contribution in [0.3, 0.4) is 0 Å². The number of ether oxygens (including phenoxy) is 2. The summed E-state index contributed by atoms with van der Waals surface area (Å²) in [4.78, 5) is 28.0. The molecule has 0 aromatic heterocycles. The van der Waals surface area contributed by atoms with E-state index in [4.69, 9.17) is 9.47 Å². The molecule has 0 bridgehead atoms. The van der Waals surface area contributed by atoms with Crippen LogP contribution in [0.2, 0.25) is 0 Å². The number of hydrazone groups is 1. The average Bonchev–Trinajstić information content (AvgIpc) is 3.31. The monoisotopic (exact) mass is 449 g/mol. The van der Waals surface area contributed by atoms with Gasteiger partial charge in [0.25, 0.3) is 5.91 Å². The highest BCUT2D eigenvalue weighted by Crippen LogP contribution is 2.33. The number of fused-ring (bicyclic) bond motifs is 1. The first-order valence-corrected chi connectivity index (χ1v) is 11.2. The van der Waals surface area contributed by atoms with Crippen LogP contribution in [0, 0.1) is 0 Å². The van der Waals surface area contributed by atoms with Gasteiger partial charge in [0.05, 0.1) is 18.7 Å². The summed E-state index contributed by atoms with van der Waals surface area (Å²) in [7, 11) is 0. The number of carbonyl (C=O) groups excluding carboxylic acids is 2. The van der Waals surface area contributed by atoms with Crippen LogP contribution in [0.4, 0.5) is 0 Å². The second kappa shape index (κ2) is 8.28. The van der Waals surface area contributed by atoms with Crippen molar-refractivity contribution in [3.05, 3.63) is 65.2 Å². The minimum absolute atomic E-state index is 0.0650. The van der Waals surface area contributed by atoms with E-state index in [1.165, 1.54) is 10.6 Å². The van der Waals surface area contributed by atoms with Crippen molar-refractivity contribution in [1.82, 2.24) is 9.91 Å². The topological polar surface area (TPSA) is 91.7 Å². The number of rotatable bonds is 4. The molecule has 2 aromatic rings. The fraction of sp³-hybridized carbons (Fsp3) is 0.400. The van der Waals surface area contributed by atoms with Gasteiger partial charge in [-0.1, -0.05) is 36.4 Å². The zero-order chi connectivity index (χ0) is 23.2. The van der Waals surface area contributed by atoms with Gasteiger partial charge in [-0.05, 0) is 49.1 Å². The van der Waals surface area contributed by atoms with E-state index in [0.717, 1.165) is 17.5 Å². The molecule has 5 rings (SSSR count). The number of hydrogen-bond donors (Lipinski definition) is 1. The smallest absolute Gasteiger partial charge is 0.255 e. The molecule has 3 aliphatic heterocycles. The van der Waals surface area contributed by atoms with Crippen LogP contribution in [-0.2, 0) is 38.6 Å². The van der Waals surface area contributed by atoms with Crippen molar-refractivity contribution in [1.29, 1.82) is 0 Å². The van der Waals surface area contributed by atoms with Gasteiger partial charge in [0.1, 0.15) is 11.9 Å². The molecule has 0 unspecified atom stereocenters. The quantitative estimate of drug-likeness (QED) is 0.775. The Balaban J connectivity index is 1.35. The molecule has 2 atom stereocenters. The molecule has 8 nitrogen and oxygen atoms in total. The van der Waals surface area contributed by atoms with Gasteiger partial charge in [0.2, 0.25) is 5.91 Å². The number of benzene rings is 2. The molecular weight excluding hydrogens is 422 g/mol. The molecule has 33 heavy (non-hydrogen) atoms. The number of hydrogen-bond acceptors (Lipinski definition) is 6. The molecule has 0 radical (unpaired) electrons. The highest BCUT2D eigenvalue weighted by molar-refractivity contribution is 6.09. The Labute approximate surface area is 192 Å². The summed E-state index contributed by atoms with van der Waals surface area (Å²) in [5.41, 5.74) is 3.64. The first kappa shape index (κ1) is 21.6. The van der Waals surface area contributed by atoms with Gasteiger partial charge in [-0.3, -0.25) is 9.59 Å². The van der Waals surface area contributed by atoms with Crippen LogP contribution < -0.4 is 0 Å². The lowest BCUT2D eigenvalue weighted by Crippen LogP contribution is -2.47. The summed E-state index contributed by atoms with van der Waals surface area (Å²) in [6, 6.07) is 14.8. The van der Waals surface area contributed by atoms with Crippen molar-refractivity contribution in [2.24, 2.45) is 5.10 Å². The van der Waals surface area contributed by atoms with E-state index < -0.39 is 18.0 Å². The van der Waals surface area contributed by atoms with Crippen LogP contribution in [0.25, 0.3) is 0 Å². The van der Waals surface area contributed by atoms with E-state index in [1.807, 2.05) is 24.3 Å². The molecule has 1 fully saturated rings. The Morgan fingerprint density at radius 1 is 1.15 bits per heavy atom. The molecule has 172 valence electrons. The lowest BCUT2D eigenvalue weighted by Gasteiger charge is -2.31. The van der Waals surface area contributed by atoms with Crippen molar-refractivity contribution in [2.75, 3.05) is 6.54 Å². The highest BCUT2D eigenvalue weighted by Gasteiger charge is 2.50. The zero-order valence-corrected chi connectivity index (χ0v) is 18.7. The zero-order valence-electron chi connectivity index (χ0n) is 18.7. The maximum Gasteiger partial charge on any atom is 0.255 e.